The summed E-state index contributed by atoms with van der Waals surface area (Å²) in [5.41, 5.74) is 12.9. The highest BCUT2D eigenvalue weighted by atomic mass is 16.2. The van der Waals surface area contributed by atoms with Crippen LogP contribution in [-0.4, -0.2) is 17.7 Å². The molecule has 0 aliphatic heterocycles. The number of hydrogen-bond donors (Lipinski definition) is 4. The van der Waals surface area contributed by atoms with Gasteiger partial charge < -0.3 is 22.1 Å². The predicted octanol–water partition coefficient (Wildman–Crippen LogP) is 0.499. The average molecular weight is 326 g/mol. The summed E-state index contributed by atoms with van der Waals surface area (Å²) in [6.45, 7) is 0.587. The molecule has 0 bridgehead atoms. The first-order valence-corrected chi connectivity index (χ1v) is 7.27. The van der Waals surface area contributed by atoms with Crippen LogP contribution in [0.4, 0.5) is 5.69 Å². The number of carbonyl (C=O) groups is 3. The van der Waals surface area contributed by atoms with Gasteiger partial charge in [0.2, 0.25) is 0 Å². The lowest BCUT2D eigenvalue weighted by Crippen LogP contribution is -2.35. The number of primary amides is 1. The Labute approximate surface area is 139 Å². The van der Waals surface area contributed by atoms with Crippen molar-refractivity contribution in [2.75, 3.05) is 5.32 Å². The van der Waals surface area contributed by atoms with Gasteiger partial charge in [-0.15, -0.1) is 0 Å². The highest BCUT2D eigenvalue weighted by molar-refractivity contribution is 6.40. The minimum atomic E-state index is -0.876. The zero-order valence-electron chi connectivity index (χ0n) is 12.9. The van der Waals surface area contributed by atoms with Crippen LogP contribution in [0.3, 0.4) is 0 Å². The van der Waals surface area contributed by atoms with Crippen molar-refractivity contribution in [2.24, 2.45) is 11.5 Å². The third-order valence-corrected chi connectivity index (χ3v) is 3.33. The Morgan fingerprint density at radius 1 is 0.917 bits per heavy atom. The molecular weight excluding hydrogens is 308 g/mol. The van der Waals surface area contributed by atoms with Gasteiger partial charge >= 0.3 is 11.8 Å². The highest BCUT2D eigenvalue weighted by Crippen LogP contribution is 2.14. The quantitative estimate of drug-likeness (QED) is 0.596. The molecule has 7 nitrogen and oxygen atoms in total. The monoisotopic (exact) mass is 326 g/mol. The maximum absolute atomic E-state index is 11.9. The first-order chi connectivity index (χ1) is 11.5. The number of carbonyl (C=O) groups excluding carboxylic acids is 3. The number of rotatable bonds is 5. The standard InChI is InChI=1S/C17H18N4O3/c18-9-11-4-3-5-12(8-11)10-20-16(23)17(24)21-14-7-2-1-6-13(14)15(19)22/h1-8H,9-10,18H2,(H2,19,22)(H,20,23)(H,21,24). The van der Waals surface area contributed by atoms with Crippen LogP contribution in [0.1, 0.15) is 21.5 Å². The van der Waals surface area contributed by atoms with Crippen LogP contribution in [0.25, 0.3) is 0 Å². The average Bonchev–Trinajstić information content (AvgIpc) is 2.60. The molecule has 0 heterocycles. The Morgan fingerprint density at radius 2 is 1.62 bits per heavy atom. The van der Waals surface area contributed by atoms with Crippen molar-refractivity contribution >= 4 is 23.4 Å². The number of para-hydroxylation sites is 1. The molecule has 0 radical (unpaired) electrons. The van der Waals surface area contributed by atoms with Crippen molar-refractivity contribution in [1.29, 1.82) is 0 Å². The lowest BCUT2D eigenvalue weighted by molar-refractivity contribution is -0.136. The molecule has 0 fully saturated rings. The lowest BCUT2D eigenvalue weighted by atomic mass is 10.1. The molecule has 0 aliphatic rings. The summed E-state index contributed by atoms with van der Waals surface area (Å²) < 4.78 is 0. The van der Waals surface area contributed by atoms with Crippen molar-refractivity contribution < 1.29 is 14.4 Å². The molecule has 0 saturated carbocycles. The van der Waals surface area contributed by atoms with Gasteiger partial charge in [0.1, 0.15) is 0 Å². The number of amides is 3. The predicted molar refractivity (Wildman–Crippen MR) is 89.8 cm³/mol. The summed E-state index contributed by atoms with van der Waals surface area (Å²) in [5.74, 6) is -2.38. The largest absolute Gasteiger partial charge is 0.366 e. The summed E-state index contributed by atoms with van der Waals surface area (Å²) in [6, 6.07) is 13.6. The fraction of sp³-hybridized carbons (Fsp3) is 0.118. The van der Waals surface area contributed by atoms with Gasteiger partial charge in [0.25, 0.3) is 5.91 Å². The Balaban J connectivity index is 1.98. The van der Waals surface area contributed by atoms with Gasteiger partial charge in [-0.25, -0.2) is 0 Å². The number of benzene rings is 2. The smallest absolute Gasteiger partial charge is 0.313 e. The molecule has 0 atom stereocenters. The topological polar surface area (TPSA) is 127 Å². The molecule has 6 N–H and O–H groups in total. The van der Waals surface area contributed by atoms with Crippen LogP contribution in [0.15, 0.2) is 48.5 Å². The van der Waals surface area contributed by atoms with E-state index < -0.39 is 17.7 Å². The molecule has 0 aromatic heterocycles. The van der Waals surface area contributed by atoms with Crippen LogP contribution >= 0.6 is 0 Å². The molecule has 2 aromatic rings. The lowest BCUT2D eigenvalue weighted by Gasteiger charge is -2.09. The molecule has 2 aromatic carbocycles. The first kappa shape index (κ1) is 17.2. The van der Waals surface area contributed by atoms with Crippen molar-refractivity contribution in [3.05, 3.63) is 65.2 Å². The molecule has 0 unspecified atom stereocenters. The minimum Gasteiger partial charge on any atom is -0.366 e. The Hall–Kier alpha value is -3.19. The summed E-state index contributed by atoms with van der Waals surface area (Å²) >= 11 is 0. The molecule has 0 saturated heterocycles. The van der Waals surface area contributed by atoms with Crippen molar-refractivity contribution in [3.63, 3.8) is 0 Å². The number of hydrogen-bond acceptors (Lipinski definition) is 4. The second-order valence-corrected chi connectivity index (χ2v) is 5.07. The zero-order chi connectivity index (χ0) is 17.5. The Kier molecular flexibility index (Phi) is 5.64. The van der Waals surface area contributed by atoms with Gasteiger partial charge in [-0.3, -0.25) is 14.4 Å². The first-order valence-electron chi connectivity index (χ1n) is 7.27. The van der Waals surface area contributed by atoms with Crippen LogP contribution in [0, 0.1) is 0 Å². The summed E-state index contributed by atoms with van der Waals surface area (Å²) in [6.07, 6.45) is 0. The molecular formula is C17H18N4O3. The molecule has 2 rings (SSSR count). The zero-order valence-corrected chi connectivity index (χ0v) is 12.9. The minimum absolute atomic E-state index is 0.134. The Morgan fingerprint density at radius 3 is 2.33 bits per heavy atom. The molecule has 124 valence electrons. The van der Waals surface area contributed by atoms with Gasteiger partial charge in [-0.2, -0.15) is 0 Å². The summed E-state index contributed by atoms with van der Waals surface area (Å²) in [5, 5.41) is 4.89. The third-order valence-electron chi connectivity index (χ3n) is 3.33. The van der Waals surface area contributed by atoms with E-state index in [0.29, 0.717) is 6.54 Å². The number of anilines is 1. The summed E-state index contributed by atoms with van der Waals surface area (Å²) in [4.78, 5) is 35.1. The fourth-order valence-corrected chi connectivity index (χ4v) is 2.12. The van der Waals surface area contributed by atoms with Gasteiger partial charge in [0.15, 0.2) is 0 Å². The van der Waals surface area contributed by atoms with Gasteiger partial charge in [-0.1, -0.05) is 36.4 Å². The second-order valence-electron chi connectivity index (χ2n) is 5.07. The Bertz CT molecular complexity index is 774. The second kappa shape index (κ2) is 7.89. The van der Waals surface area contributed by atoms with Crippen LogP contribution in [0.5, 0.6) is 0 Å². The molecule has 0 aliphatic carbocycles. The maximum atomic E-state index is 11.9. The molecule has 24 heavy (non-hydrogen) atoms. The highest BCUT2D eigenvalue weighted by Gasteiger charge is 2.16. The van der Waals surface area contributed by atoms with Gasteiger partial charge in [0, 0.05) is 13.1 Å². The molecule has 0 spiro atoms. The number of nitrogens with one attached hydrogen (secondary N) is 2. The van der Waals surface area contributed by atoms with Crippen LogP contribution < -0.4 is 22.1 Å². The molecule has 7 heteroatoms. The third kappa shape index (κ3) is 4.40. The van der Waals surface area contributed by atoms with E-state index in [1.54, 1.807) is 12.1 Å². The van der Waals surface area contributed by atoms with Crippen molar-refractivity contribution in [1.82, 2.24) is 5.32 Å². The van der Waals surface area contributed by atoms with Crippen molar-refractivity contribution in [3.8, 4) is 0 Å². The van der Waals surface area contributed by atoms with E-state index >= 15 is 0 Å². The summed E-state index contributed by atoms with van der Waals surface area (Å²) in [7, 11) is 0. The van der Waals surface area contributed by atoms with E-state index in [4.69, 9.17) is 11.5 Å². The van der Waals surface area contributed by atoms with E-state index in [2.05, 4.69) is 10.6 Å². The molecule has 3 amide bonds. The normalized spacial score (nSPS) is 10.0. The van der Waals surface area contributed by atoms with E-state index in [9.17, 15) is 14.4 Å². The van der Waals surface area contributed by atoms with Gasteiger partial charge in [-0.05, 0) is 23.3 Å². The van der Waals surface area contributed by atoms with E-state index in [0.717, 1.165) is 11.1 Å². The van der Waals surface area contributed by atoms with Gasteiger partial charge in [0.05, 0.1) is 11.3 Å². The van der Waals surface area contributed by atoms with E-state index in [1.807, 2.05) is 24.3 Å². The maximum Gasteiger partial charge on any atom is 0.313 e. The number of nitrogens with two attached hydrogens (primary N) is 2. The van der Waals surface area contributed by atoms with Crippen LogP contribution in [0.2, 0.25) is 0 Å². The van der Waals surface area contributed by atoms with Crippen LogP contribution in [-0.2, 0) is 22.7 Å². The van der Waals surface area contributed by atoms with E-state index in [-0.39, 0.29) is 17.8 Å². The van der Waals surface area contributed by atoms with E-state index in [1.165, 1.54) is 12.1 Å². The SMILES string of the molecule is NCc1cccc(CNC(=O)C(=O)Nc2ccccc2C(N)=O)c1. The fourth-order valence-electron chi connectivity index (χ4n) is 2.12. The van der Waals surface area contributed by atoms with Crippen molar-refractivity contribution in [2.45, 2.75) is 13.1 Å².